The first kappa shape index (κ1) is 23.3. The average molecular weight is 510 g/mol. The van der Waals surface area contributed by atoms with Crippen LogP contribution >= 0.6 is 15.9 Å². The second-order valence-corrected chi connectivity index (χ2v) is 9.61. The quantitative estimate of drug-likeness (QED) is 0.479. The van der Waals surface area contributed by atoms with E-state index in [0.717, 1.165) is 12.8 Å². The third-order valence-corrected chi connectivity index (χ3v) is 6.74. The summed E-state index contributed by atoms with van der Waals surface area (Å²) in [7, 11) is -0.183. The first-order valence-corrected chi connectivity index (χ1v) is 12.1. The van der Waals surface area contributed by atoms with Gasteiger partial charge in [0, 0.05) is 36.3 Å². The Hall–Kier alpha value is -2.33. The first-order chi connectivity index (χ1) is 14.8. The number of benzene rings is 1. The number of carbonyl (C=O) groups is 1. The SMILES string of the molecule is CN1CCCC/N=[SH](=O)/C[C@@](C)(c2nc(Br)ccc2F)/N=C\1NC(=O)c1ccccc1. The molecule has 1 aromatic heterocycles. The summed E-state index contributed by atoms with van der Waals surface area (Å²) in [6, 6.07) is 11.5. The van der Waals surface area contributed by atoms with Gasteiger partial charge < -0.3 is 4.90 Å². The molecule has 2 atom stereocenters. The summed E-state index contributed by atoms with van der Waals surface area (Å²) in [4.78, 5) is 23.6. The molecule has 1 aliphatic heterocycles. The zero-order valence-electron chi connectivity index (χ0n) is 17.4. The van der Waals surface area contributed by atoms with Crippen LogP contribution in [-0.4, -0.2) is 51.8 Å². The van der Waals surface area contributed by atoms with Crippen LogP contribution in [0, 0.1) is 5.82 Å². The molecule has 166 valence electrons. The molecule has 0 fully saturated rings. The number of pyridine rings is 1. The number of aliphatic imine (C=N–C) groups is 1. The summed E-state index contributed by atoms with van der Waals surface area (Å²) in [5.74, 6) is -0.659. The predicted octanol–water partition coefficient (Wildman–Crippen LogP) is 3.37. The third-order valence-electron chi connectivity index (χ3n) is 4.90. The Morgan fingerprint density at radius 2 is 1.97 bits per heavy atom. The molecule has 1 aliphatic rings. The van der Waals surface area contributed by atoms with Crippen molar-refractivity contribution in [1.29, 1.82) is 0 Å². The van der Waals surface area contributed by atoms with Crippen molar-refractivity contribution < 1.29 is 13.4 Å². The molecule has 0 saturated carbocycles. The van der Waals surface area contributed by atoms with Gasteiger partial charge in [-0.2, -0.15) is 0 Å². The largest absolute Gasteiger partial charge is 0.346 e. The Morgan fingerprint density at radius 3 is 2.71 bits per heavy atom. The first-order valence-electron chi connectivity index (χ1n) is 9.90. The molecule has 2 heterocycles. The van der Waals surface area contributed by atoms with E-state index in [4.69, 9.17) is 4.99 Å². The van der Waals surface area contributed by atoms with E-state index in [0.29, 0.717) is 23.3 Å². The van der Waals surface area contributed by atoms with Crippen molar-refractivity contribution >= 4 is 38.4 Å². The van der Waals surface area contributed by atoms with E-state index in [1.807, 2.05) is 18.0 Å². The Balaban J connectivity index is 2.10. The van der Waals surface area contributed by atoms with E-state index >= 15 is 0 Å². The van der Waals surface area contributed by atoms with Gasteiger partial charge in [-0.05, 0) is 60.0 Å². The molecule has 0 bridgehead atoms. The van der Waals surface area contributed by atoms with Crippen molar-refractivity contribution in [3.63, 3.8) is 0 Å². The van der Waals surface area contributed by atoms with Gasteiger partial charge in [-0.25, -0.2) is 18.7 Å². The van der Waals surface area contributed by atoms with Gasteiger partial charge in [0.25, 0.3) is 5.91 Å². The average Bonchev–Trinajstić information content (AvgIpc) is 2.76. The fourth-order valence-corrected chi connectivity index (χ4v) is 4.75. The molecule has 10 heteroatoms. The van der Waals surface area contributed by atoms with Gasteiger partial charge in [0.1, 0.15) is 21.7 Å². The number of carbonyl (C=O) groups excluding carboxylic acids is 1. The van der Waals surface area contributed by atoms with Crippen LogP contribution in [0.4, 0.5) is 4.39 Å². The molecule has 1 amide bonds. The van der Waals surface area contributed by atoms with Crippen LogP contribution in [0.5, 0.6) is 0 Å². The van der Waals surface area contributed by atoms with Gasteiger partial charge in [-0.3, -0.25) is 14.3 Å². The molecule has 0 spiro atoms. The van der Waals surface area contributed by atoms with E-state index in [9.17, 15) is 13.4 Å². The zero-order chi connectivity index (χ0) is 22.4. The Labute approximate surface area is 191 Å². The normalized spacial score (nSPS) is 24.8. The lowest BCUT2D eigenvalue weighted by molar-refractivity contribution is 0.0972. The number of amides is 1. The highest BCUT2D eigenvalue weighted by Crippen LogP contribution is 2.29. The third kappa shape index (κ3) is 6.10. The molecule has 0 aliphatic carbocycles. The highest BCUT2D eigenvalue weighted by molar-refractivity contribution is 9.10. The van der Waals surface area contributed by atoms with Crippen molar-refractivity contribution in [1.82, 2.24) is 15.2 Å². The van der Waals surface area contributed by atoms with Gasteiger partial charge in [0.15, 0.2) is 0 Å². The fourth-order valence-electron chi connectivity index (χ4n) is 3.23. The van der Waals surface area contributed by atoms with Crippen molar-refractivity contribution in [3.8, 4) is 0 Å². The maximum atomic E-state index is 14.8. The van der Waals surface area contributed by atoms with Crippen LogP contribution in [0.25, 0.3) is 0 Å². The second-order valence-electron chi connectivity index (χ2n) is 7.50. The number of guanidine groups is 1. The molecular formula is C21H25BrFN5O2S. The number of halogens is 2. The molecule has 0 radical (unpaired) electrons. The smallest absolute Gasteiger partial charge is 0.257 e. The van der Waals surface area contributed by atoms with Gasteiger partial charge in [0.05, 0.1) is 5.75 Å². The summed E-state index contributed by atoms with van der Waals surface area (Å²) in [5.41, 5.74) is -0.787. The Bertz CT molecular complexity index is 1060. The Morgan fingerprint density at radius 1 is 1.23 bits per heavy atom. The lowest BCUT2D eigenvalue weighted by Crippen LogP contribution is -2.45. The van der Waals surface area contributed by atoms with Crippen LogP contribution in [0.15, 0.2) is 56.4 Å². The molecule has 1 aromatic carbocycles. The predicted molar refractivity (Wildman–Crippen MR) is 124 cm³/mol. The van der Waals surface area contributed by atoms with Crippen LogP contribution in [0.1, 0.15) is 35.8 Å². The van der Waals surface area contributed by atoms with Crippen molar-refractivity contribution in [2.45, 2.75) is 25.3 Å². The highest BCUT2D eigenvalue weighted by Gasteiger charge is 2.34. The monoisotopic (exact) mass is 509 g/mol. The molecule has 0 saturated heterocycles. The number of hydrogen-bond donors (Lipinski definition) is 2. The number of aromatic nitrogens is 1. The Kier molecular flexibility index (Phi) is 7.77. The van der Waals surface area contributed by atoms with Crippen molar-refractivity contribution in [3.05, 3.63) is 64.1 Å². The van der Waals surface area contributed by atoms with Gasteiger partial charge in [-0.1, -0.05) is 18.2 Å². The molecule has 7 nitrogen and oxygen atoms in total. The number of nitrogens with one attached hydrogen (secondary N) is 1. The summed E-state index contributed by atoms with van der Waals surface area (Å²) in [6.45, 7) is 2.72. The minimum atomic E-state index is -1.99. The topological polar surface area (TPSA) is 87.0 Å². The summed E-state index contributed by atoms with van der Waals surface area (Å²) >= 11 is 3.27. The maximum absolute atomic E-state index is 14.8. The van der Waals surface area contributed by atoms with Gasteiger partial charge in [-0.15, -0.1) is 0 Å². The highest BCUT2D eigenvalue weighted by atomic mass is 79.9. The molecule has 2 aromatic rings. The van der Waals surface area contributed by atoms with Crippen LogP contribution < -0.4 is 5.32 Å². The van der Waals surface area contributed by atoms with Crippen LogP contribution in [-0.2, 0) is 16.1 Å². The van der Waals surface area contributed by atoms with Gasteiger partial charge in [0.2, 0.25) is 5.96 Å². The minimum absolute atomic E-state index is 0.0265. The van der Waals surface area contributed by atoms with Gasteiger partial charge >= 0.3 is 0 Å². The summed E-state index contributed by atoms with van der Waals surface area (Å²) in [6.07, 6.45) is 1.54. The van der Waals surface area contributed by atoms with E-state index in [1.54, 1.807) is 31.2 Å². The van der Waals surface area contributed by atoms with Crippen LogP contribution in [0.2, 0.25) is 0 Å². The van der Waals surface area contributed by atoms with E-state index in [1.165, 1.54) is 12.1 Å². The number of rotatable bonds is 2. The summed E-state index contributed by atoms with van der Waals surface area (Å²) in [5, 5.41) is 2.84. The standard InChI is InChI=1S/C21H25BrFN5O2S/c1-21(18-16(23)10-11-17(22)25-18)14-31(30)24-12-6-7-13-28(2)20(27-21)26-19(29)15-8-4-3-5-9-15/h3-5,8-11,31H,6-7,12-14H2,1-2H3,(H,26,27,29)/t21-/m0/s1. The lowest BCUT2D eigenvalue weighted by Gasteiger charge is -2.28. The zero-order valence-corrected chi connectivity index (χ0v) is 19.9. The molecule has 31 heavy (non-hydrogen) atoms. The second kappa shape index (κ2) is 10.3. The van der Waals surface area contributed by atoms with E-state index < -0.39 is 22.0 Å². The molecule has 1 N–H and O–H groups in total. The van der Waals surface area contributed by atoms with E-state index in [-0.39, 0.29) is 23.3 Å². The van der Waals surface area contributed by atoms with Crippen molar-refractivity contribution in [2.75, 3.05) is 25.9 Å². The number of hydrogen-bond acceptors (Lipinski definition) is 6. The van der Waals surface area contributed by atoms with E-state index in [2.05, 4.69) is 30.6 Å². The lowest BCUT2D eigenvalue weighted by atomic mass is 10.00. The minimum Gasteiger partial charge on any atom is -0.346 e. The van der Waals surface area contributed by atoms with Crippen LogP contribution in [0.3, 0.4) is 0 Å². The fraction of sp³-hybridized carbons (Fsp3) is 0.381. The number of nitrogens with zero attached hydrogens (tertiary/aromatic N) is 4. The maximum Gasteiger partial charge on any atom is 0.257 e. The number of thiol groups is 1. The molecule has 3 rings (SSSR count). The summed E-state index contributed by atoms with van der Waals surface area (Å²) < 4.78 is 32.1. The molecular weight excluding hydrogens is 485 g/mol. The van der Waals surface area contributed by atoms with Crippen molar-refractivity contribution in [2.24, 2.45) is 9.36 Å². The molecule has 1 unspecified atom stereocenters.